The summed E-state index contributed by atoms with van der Waals surface area (Å²) in [6.45, 7) is 6.26. The third kappa shape index (κ3) is 5.38. The lowest BCUT2D eigenvalue weighted by Gasteiger charge is -2.22. The van der Waals surface area contributed by atoms with Gasteiger partial charge in [0.1, 0.15) is 0 Å². The Balaban J connectivity index is 4.06. The summed E-state index contributed by atoms with van der Waals surface area (Å²) in [5.74, 6) is 0.184. The molecule has 0 radical (unpaired) electrons. The van der Waals surface area contributed by atoms with Gasteiger partial charge in [-0.2, -0.15) is 5.26 Å². The molecule has 0 aliphatic heterocycles. The molecule has 0 aliphatic carbocycles. The summed E-state index contributed by atoms with van der Waals surface area (Å²) in [5.41, 5.74) is 5.81. The molecule has 4 nitrogen and oxygen atoms in total. The maximum absolute atomic E-state index is 11.6. The van der Waals surface area contributed by atoms with Gasteiger partial charge in [0, 0.05) is 26.1 Å². The number of nitriles is 1. The highest BCUT2D eigenvalue weighted by Crippen LogP contribution is 2.06. The minimum absolute atomic E-state index is 0.0123. The van der Waals surface area contributed by atoms with Gasteiger partial charge in [0.2, 0.25) is 5.91 Å². The van der Waals surface area contributed by atoms with Crippen molar-refractivity contribution in [3.63, 3.8) is 0 Å². The third-order valence-corrected chi connectivity index (χ3v) is 2.46. The topological polar surface area (TPSA) is 70.1 Å². The lowest BCUT2D eigenvalue weighted by Crippen LogP contribution is -2.37. The fraction of sp³-hybridized carbons (Fsp3) is 0.818. The molecule has 0 heterocycles. The highest BCUT2D eigenvalue weighted by molar-refractivity contribution is 5.76. The molecule has 2 unspecified atom stereocenters. The van der Waals surface area contributed by atoms with Gasteiger partial charge < -0.3 is 10.6 Å². The zero-order valence-electron chi connectivity index (χ0n) is 10.0. The second kappa shape index (κ2) is 6.41. The van der Waals surface area contributed by atoms with E-state index >= 15 is 0 Å². The van der Waals surface area contributed by atoms with Crippen molar-refractivity contribution >= 4 is 5.91 Å². The van der Waals surface area contributed by atoms with E-state index in [-0.39, 0.29) is 17.9 Å². The molecule has 0 saturated heterocycles. The molecule has 0 saturated carbocycles. The Labute approximate surface area is 92.0 Å². The van der Waals surface area contributed by atoms with Crippen LogP contribution in [0.3, 0.4) is 0 Å². The van der Waals surface area contributed by atoms with E-state index in [1.165, 1.54) is 0 Å². The molecule has 0 aromatic carbocycles. The number of carbonyl (C=O) groups is 1. The fourth-order valence-corrected chi connectivity index (χ4v) is 1.15. The molecular weight excluding hydrogens is 190 g/mol. The Morgan fingerprint density at radius 1 is 1.47 bits per heavy atom. The summed E-state index contributed by atoms with van der Waals surface area (Å²) < 4.78 is 0. The van der Waals surface area contributed by atoms with E-state index in [0.717, 1.165) is 0 Å². The summed E-state index contributed by atoms with van der Waals surface area (Å²) in [6, 6.07) is 2.00. The van der Waals surface area contributed by atoms with Crippen molar-refractivity contribution in [3.05, 3.63) is 0 Å². The van der Waals surface area contributed by atoms with E-state index in [2.05, 4.69) is 6.07 Å². The average molecular weight is 211 g/mol. The first-order valence-corrected chi connectivity index (χ1v) is 5.27. The zero-order chi connectivity index (χ0) is 12.0. The summed E-state index contributed by atoms with van der Waals surface area (Å²) in [5, 5.41) is 8.62. The second-order valence-corrected chi connectivity index (χ2v) is 4.42. The van der Waals surface area contributed by atoms with Gasteiger partial charge >= 0.3 is 0 Å². The molecule has 2 N–H and O–H groups in total. The summed E-state index contributed by atoms with van der Waals surface area (Å²) >= 11 is 0. The van der Waals surface area contributed by atoms with Crippen LogP contribution in [0.4, 0.5) is 0 Å². The van der Waals surface area contributed by atoms with Crippen molar-refractivity contribution in [1.82, 2.24) is 4.90 Å². The highest BCUT2D eigenvalue weighted by Gasteiger charge is 2.17. The molecule has 1 amide bonds. The maximum atomic E-state index is 11.6. The van der Waals surface area contributed by atoms with Crippen LogP contribution in [0.15, 0.2) is 0 Å². The van der Waals surface area contributed by atoms with Crippen LogP contribution in [0.2, 0.25) is 0 Å². The van der Waals surface area contributed by atoms with Crippen molar-refractivity contribution in [3.8, 4) is 6.07 Å². The minimum Gasteiger partial charge on any atom is -0.344 e. The SMILES string of the molecule is CC(C#N)CN(C)C(=O)CC(N)C(C)C. The van der Waals surface area contributed by atoms with Gasteiger partial charge in [-0.25, -0.2) is 0 Å². The van der Waals surface area contributed by atoms with Gasteiger partial charge in [-0.3, -0.25) is 4.79 Å². The van der Waals surface area contributed by atoms with Crippen LogP contribution in [0.5, 0.6) is 0 Å². The summed E-state index contributed by atoms with van der Waals surface area (Å²) in [6.07, 6.45) is 0.353. The molecule has 0 aromatic rings. The summed E-state index contributed by atoms with van der Waals surface area (Å²) in [7, 11) is 1.71. The number of hydrogen-bond donors (Lipinski definition) is 1. The summed E-state index contributed by atoms with van der Waals surface area (Å²) in [4.78, 5) is 13.2. The van der Waals surface area contributed by atoms with Crippen LogP contribution in [0.1, 0.15) is 27.2 Å². The van der Waals surface area contributed by atoms with E-state index in [9.17, 15) is 4.79 Å². The van der Waals surface area contributed by atoms with Crippen LogP contribution in [0.25, 0.3) is 0 Å². The van der Waals surface area contributed by atoms with Crippen molar-refractivity contribution < 1.29 is 4.79 Å². The van der Waals surface area contributed by atoms with Crippen LogP contribution in [0, 0.1) is 23.2 Å². The van der Waals surface area contributed by atoms with Crippen LogP contribution in [-0.4, -0.2) is 30.4 Å². The molecule has 0 aromatic heterocycles. The highest BCUT2D eigenvalue weighted by atomic mass is 16.2. The van der Waals surface area contributed by atoms with E-state index < -0.39 is 0 Å². The zero-order valence-corrected chi connectivity index (χ0v) is 10.0. The predicted octanol–water partition coefficient (Wildman–Crippen LogP) is 0.978. The molecule has 15 heavy (non-hydrogen) atoms. The van der Waals surface area contributed by atoms with E-state index in [0.29, 0.717) is 18.9 Å². The molecule has 0 bridgehead atoms. The monoisotopic (exact) mass is 211 g/mol. The van der Waals surface area contributed by atoms with Gasteiger partial charge in [0.05, 0.1) is 12.0 Å². The Morgan fingerprint density at radius 2 is 2.00 bits per heavy atom. The van der Waals surface area contributed by atoms with Crippen molar-refractivity contribution in [2.24, 2.45) is 17.6 Å². The first-order valence-electron chi connectivity index (χ1n) is 5.27. The molecule has 86 valence electrons. The number of amides is 1. The third-order valence-electron chi connectivity index (χ3n) is 2.46. The number of rotatable bonds is 5. The van der Waals surface area contributed by atoms with Crippen LogP contribution in [-0.2, 0) is 4.79 Å². The van der Waals surface area contributed by atoms with E-state index in [1.807, 2.05) is 13.8 Å². The average Bonchev–Trinajstić information content (AvgIpc) is 2.16. The van der Waals surface area contributed by atoms with Crippen molar-refractivity contribution in [2.75, 3.05) is 13.6 Å². The Kier molecular flexibility index (Phi) is 5.95. The predicted molar refractivity (Wildman–Crippen MR) is 59.8 cm³/mol. The standard InChI is InChI=1S/C11H21N3O/c1-8(2)10(13)5-11(15)14(4)7-9(3)6-12/h8-10H,5,7,13H2,1-4H3. The largest absolute Gasteiger partial charge is 0.344 e. The van der Waals surface area contributed by atoms with Gasteiger partial charge in [-0.05, 0) is 12.8 Å². The van der Waals surface area contributed by atoms with Crippen LogP contribution >= 0.6 is 0 Å². The molecule has 0 aliphatic rings. The van der Waals surface area contributed by atoms with Crippen molar-refractivity contribution in [1.29, 1.82) is 5.26 Å². The van der Waals surface area contributed by atoms with Gasteiger partial charge in [0.25, 0.3) is 0 Å². The Morgan fingerprint density at radius 3 is 2.40 bits per heavy atom. The lowest BCUT2D eigenvalue weighted by molar-refractivity contribution is -0.130. The molecule has 2 atom stereocenters. The Hall–Kier alpha value is -1.08. The Bertz CT molecular complexity index is 245. The minimum atomic E-state index is -0.130. The van der Waals surface area contributed by atoms with Crippen LogP contribution < -0.4 is 5.73 Å². The number of hydrogen-bond acceptors (Lipinski definition) is 3. The first-order chi connectivity index (χ1) is 6.88. The van der Waals surface area contributed by atoms with Gasteiger partial charge in [-0.1, -0.05) is 13.8 Å². The maximum Gasteiger partial charge on any atom is 0.223 e. The van der Waals surface area contributed by atoms with E-state index in [4.69, 9.17) is 11.0 Å². The smallest absolute Gasteiger partial charge is 0.223 e. The second-order valence-electron chi connectivity index (χ2n) is 4.42. The normalized spacial score (nSPS) is 14.5. The molecule has 4 heteroatoms. The lowest BCUT2D eigenvalue weighted by atomic mass is 10.0. The van der Waals surface area contributed by atoms with Gasteiger partial charge in [0.15, 0.2) is 0 Å². The molecular formula is C11H21N3O. The number of carbonyl (C=O) groups excluding carboxylic acids is 1. The van der Waals surface area contributed by atoms with Gasteiger partial charge in [-0.15, -0.1) is 0 Å². The molecule has 0 spiro atoms. The van der Waals surface area contributed by atoms with Crippen molar-refractivity contribution in [2.45, 2.75) is 33.2 Å². The first kappa shape index (κ1) is 13.9. The number of nitrogens with two attached hydrogens (primary N) is 1. The quantitative estimate of drug-likeness (QED) is 0.737. The fourth-order valence-electron chi connectivity index (χ4n) is 1.15. The molecule has 0 rings (SSSR count). The number of nitrogens with zero attached hydrogens (tertiary/aromatic N) is 2. The molecule has 0 fully saturated rings. The van der Waals surface area contributed by atoms with E-state index in [1.54, 1.807) is 18.9 Å².